The van der Waals surface area contributed by atoms with Gasteiger partial charge in [0, 0.05) is 31.3 Å². The molecule has 0 saturated carbocycles. The third-order valence-electron chi connectivity index (χ3n) is 8.15. The van der Waals surface area contributed by atoms with Gasteiger partial charge in [-0.3, -0.25) is 9.59 Å². The molecule has 1 fully saturated rings. The minimum Gasteiger partial charge on any atom is -0.499 e. The Kier molecular flexibility index (Phi) is 10.8. The van der Waals surface area contributed by atoms with Crippen LogP contribution in [0.15, 0.2) is 66.4 Å². The van der Waals surface area contributed by atoms with Crippen molar-refractivity contribution in [3.05, 3.63) is 88.7 Å². The van der Waals surface area contributed by atoms with Crippen LogP contribution < -0.4 is 5.32 Å². The van der Waals surface area contributed by atoms with Gasteiger partial charge in [0.25, 0.3) is 0 Å². The van der Waals surface area contributed by atoms with Gasteiger partial charge in [0.15, 0.2) is 5.79 Å². The smallest absolute Gasteiger partial charge is 0.338 e. The van der Waals surface area contributed by atoms with E-state index in [4.69, 9.17) is 28.8 Å². The van der Waals surface area contributed by atoms with Crippen LogP contribution in [0.1, 0.15) is 67.1 Å². The van der Waals surface area contributed by atoms with Crippen molar-refractivity contribution in [3.63, 3.8) is 0 Å². The summed E-state index contributed by atoms with van der Waals surface area (Å²) in [5, 5.41) is 21.6. The molecule has 2 aromatic rings. The summed E-state index contributed by atoms with van der Waals surface area (Å²) in [6.45, 7) is 5.05. The summed E-state index contributed by atoms with van der Waals surface area (Å²) >= 11 is 0. The van der Waals surface area contributed by atoms with Gasteiger partial charge in [-0.25, -0.2) is 4.79 Å². The van der Waals surface area contributed by atoms with Gasteiger partial charge < -0.3 is 39.2 Å². The first-order valence-electron chi connectivity index (χ1n) is 15.9. The Morgan fingerprint density at radius 3 is 2.38 bits per heavy atom. The summed E-state index contributed by atoms with van der Waals surface area (Å²) in [4.78, 5) is 39.1. The molecule has 11 heteroatoms. The number of aliphatic hydroxyl groups excluding tert-OH is 2. The number of amides is 1. The van der Waals surface area contributed by atoms with Crippen molar-refractivity contribution in [1.82, 2.24) is 5.32 Å². The third-order valence-corrected chi connectivity index (χ3v) is 8.15. The summed E-state index contributed by atoms with van der Waals surface area (Å²) in [5.74, 6) is -2.39. The molecule has 1 aliphatic heterocycles. The first-order valence-corrected chi connectivity index (χ1v) is 15.9. The van der Waals surface area contributed by atoms with E-state index in [-0.39, 0.29) is 39.1 Å². The number of rotatable bonds is 12. The number of fused-ring (bicyclic) bond motifs is 2. The van der Waals surface area contributed by atoms with E-state index in [2.05, 4.69) is 5.32 Å². The van der Waals surface area contributed by atoms with Gasteiger partial charge in [-0.2, -0.15) is 0 Å². The van der Waals surface area contributed by atoms with Crippen molar-refractivity contribution in [2.24, 2.45) is 0 Å². The zero-order chi connectivity index (χ0) is 33.6. The van der Waals surface area contributed by atoms with E-state index >= 15 is 0 Å². The van der Waals surface area contributed by atoms with E-state index in [1.807, 2.05) is 24.3 Å². The second-order valence-electron chi connectivity index (χ2n) is 13.0. The molecule has 0 aromatic heterocycles. The number of carbonyl (C=O) groups excluding carboxylic acids is 3. The molecule has 11 nitrogen and oxygen atoms in total. The van der Waals surface area contributed by atoms with E-state index in [0.717, 1.165) is 16.7 Å². The number of hydrogen-bond acceptors (Lipinski definition) is 10. The maximum absolute atomic E-state index is 13.5. The first-order chi connectivity index (χ1) is 22.5. The number of aliphatic hydroxyl groups is 2. The van der Waals surface area contributed by atoms with Crippen molar-refractivity contribution < 1.29 is 48.3 Å². The highest BCUT2D eigenvalue weighted by Crippen LogP contribution is 2.45. The van der Waals surface area contributed by atoms with Crippen molar-refractivity contribution >= 4 is 23.9 Å². The second kappa shape index (κ2) is 14.8. The minimum atomic E-state index is -0.945. The Morgan fingerprint density at radius 2 is 1.74 bits per heavy atom. The van der Waals surface area contributed by atoms with Crippen molar-refractivity contribution in [3.8, 4) is 0 Å². The Balaban J connectivity index is 1.30. The van der Waals surface area contributed by atoms with Gasteiger partial charge in [0.1, 0.15) is 30.5 Å². The molecule has 3 aliphatic rings. The maximum atomic E-state index is 13.5. The molecule has 252 valence electrons. The van der Waals surface area contributed by atoms with E-state index < -0.39 is 53.6 Å². The quantitative estimate of drug-likeness (QED) is 0.177. The highest BCUT2D eigenvalue weighted by Gasteiger charge is 2.55. The lowest BCUT2D eigenvalue weighted by Crippen LogP contribution is -2.45. The zero-order valence-electron chi connectivity index (χ0n) is 27.0. The van der Waals surface area contributed by atoms with Gasteiger partial charge in [0.2, 0.25) is 5.91 Å². The van der Waals surface area contributed by atoms with Gasteiger partial charge >= 0.3 is 11.9 Å². The molecule has 5 rings (SSSR count). The van der Waals surface area contributed by atoms with Crippen molar-refractivity contribution in [2.75, 3.05) is 19.8 Å². The van der Waals surface area contributed by atoms with Crippen LogP contribution in [0.3, 0.4) is 0 Å². The van der Waals surface area contributed by atoms with Crippen LogP contribution in [-0.4, -0.2) is 83.6 Å². The predicted molar refractivity (Wildman–Crippen MR) is 171 cm³/mol. The summed E-state index contributed by atoms with van der Waals surface area (Å²) in [6.07, 6.45) is 4.10. The number of ether oxygens (including phenoxy) is 5. The standard InChI is InChI=1S/C36H43NO10/c1-35(2,3)46-31(40)13-12-28(22-39)37-33(41)27-18-29(44-34(42)24-10-8-23(9-11-24)14-16-43-17-15-38)32-30(19-27)45-36(47-32)20-25-6-4-5-7-26(25)21-36/h4-11,14,16,19,28-30,32,38-39H,12-13,15,17-18,20-22H2,1-3H3,(H,37,41)/t28-,29+,30+,32-/m0/s1. The molecular weight excluding hydrogens is 606 g/mol. The van der Waals surface area contributed by atoms with Crippen LogP contribution in [0.4, 0.5) is 0 Å². The number of esters is 2. The Labute approximate surface area is 274 Å². The largest absolute Gasteiger partial charge is 0.499 e. The minimum absolute atomic E-state index is 0.0249. The lowest BCUT2D eigenvalue weighted by atomic mass is 9.91. The number of benzene rings is 2. The van der Waals surface area contributed by atoms with Crippen LogP contribution in [0.25, 0.3) is 6.08 Å². The van der Waals surface area contributed by atoms with E-state index in [1.165, 1.54) is 6.26 Å². The van der Waals surface area contributed by atoms with E-state index in [1.54, 1.807) is 57.2 Å². The highest BCUT2D eigenvalue weighted by atomic mass is 16.8. The highest BCUT2D eigenvalue weighted by molar-refractivity contribution is 5.94. The zero-order valence-corrected chi connectivity index (χ0v) is 27.0. The first kappa shape index (κ1) is 34.3. The molecule has 4 atom stereocenters. The van der Waals surface area contributed by atoms with Gasteiger partial charge in [-0.1, -0.05) is 36.4 Å². The fourth-order valence-electron chi connectivity index (χ4n) is 6.02. The Bertz CT molecular complexity index is 1470. The molecule has 47 heavy (non-hydrogen) atoms. The summed E-state index contributed by atoms with van der Waals surface area (Å²) in [5.41, 5.74) is 3.04. The summed E-state index contributed by atoms with van der Waals surface area (Å²) in [6, 6.07) is 14.1. The normalized spacial score (nSPS) is 21.9. The maximum Gasteiger partial charge on any atom is 0.338 e. The third kappa shape index (κ3) is 8.86. The van der Waals surface area contributed by atoms with Crippen molar-refractivity contribution in [1.29, 1.82) is 0 Å². The lowest BCUT2D eigenvalue weighted by molar-refractivity contribution is -0.172. The van der Waals surface area contributed by atoms with Crippen LogP contribution in [0.2, 0.25) is 0 Å². The molecule has 3 N–H and O–H groups in total. The molecule has 2 aromatic carbocycles. The number of carbonyl (C=O) groups is 3. The van der Waals surface area contributed by atoms with Gasteiger partial charge in [-0.15, -0.1) is 0 Å². The molecule has 1 heterocycles. The van der Waals surface area contributed by atoms with Crippen LogP contribution in [0.5, 0.6) is 0 Å². The molecule has 0 radical (unpaired) electrons. The topological polar surface area (TPSA) is 150 Å². The molecule has 0 unspecified atom stereocenters. The van der Waals surface area contributed by atoms with Crippen molar-refractivity contribution in [2.45, 2.75) is 88.6 Å². The van der Waals surface area contributed by atoms with Crippen LogP contribution in [-0.2, 0) is 46.1 Å². The molecule has 1 saturated heterocycles. The number of hydrogen-bond donors (Lipinski definition) is 3. The molecule has 2 aliphatic carbocycles. The van der Waals surface area contributed by atoms with Crippen LogP contribution >= 0.6 is 0 Å². The van der Waals surface area contributed by atoms with Crippen LogP contribution in [0, 0.1) is 0 Å². The second-order valence-corrected chi connectivity index (χ2v) is 13.0. The molecular formula is C36H43NO10. The van der Waals surface area contributed by atoms with E-state index in [9.17, 15) is 19.5 Å². The Morgan fingerprint density at radius 1 is 1.04 bits per heavy atom. The van der Waals surface area contributed by atoms with E-state index in [0.29, 0.717) is 24.0 Å². The number of nitrogens with one attached hydrogen (secondary N) is 1. The molecule has 0 bridgehead atoms. The SMILES string of the molecule is CC(C)(C)OC(=O)CC[C@@H](CO)NC(=O)C1=C[C@H]2OC3(Cc4ccccc4C3)O[C@H]2[C@H](OC(=O)c2ccc(C=COCCO)cc2)C1. The summed E-state index contributed by atoms with van der Waals surface area (Å²) in [7, 11) is 0. The average Bonchev–Trinajstić information content (AvgIpc) is 3.58. The average molecular weight is 650 g/mol. The fourth-order valence-corrected chi connectivity index (χ4v) is 6.02. The summed E-state index contributed by atoms with van der Waals surface area (Å²) < 4.78 is 29.6. The monoisotopic (exact) mass is 649 g/mol. The molecule has 1 spiro atoms. The van der Waals surface area contributed by atoms with Gasteiger partial charge in [0.05, 0.1) is 31.1 Å². The fraction of sp³-hybridized carbons (Fsp3) is 0.472. The van der Waals surface area contributed by atoms with Gasteiger partial charge in [-0.05, 0) is 68.2 Å². The predicted octanol–water partition coefficient (Wildman–Crippen LogP) is 3.40. The Hall–Kier alpha value is -4.03. The lowest BCUT2D eigenvalue weighted by Gasteiger charge is -2.31. The molecule has 1 amide bonds.